The summed E-state index contributed by atoms with van der Waals surface area (Å²) >= 11 is 0. The number of aldehydes is 1. The van der Waals surface area contributed by atoms with Gasteiger partial charge in [-0.2, -0.15) is 0 Å². The summed E-state index contributed by atoms with van der Waals surface area (Å²) in [6, 6.07) is 11.1. The predicted molar refractivity (Wildman–Crippen MR) is 76.1 cm³/mol. The second kappa shape index (κ2) is 6.19. The first-order valence-corrected chi connectivity index (χ1v) is 6.41. The maximum atomic E-state index is 11.5. The smallest absolute Gasteiger partial charge is 0.344 e. The topological polar surface area (TPSA) is 52.6 Å². The van der Waals surface area contributed by atoms with Crippen molar-refractivity contribution in [2.75, 3.05) is 6.61 Å². The zero-order chi connectivity index (χ0) is 14.5. The van der Waals surface area contributed by atoms with E-state index in [0.717, 1.165) is 17.1 Å². The molecule has 0 aliphatic heterocycles. The zero-order valence-corrected chi connectivity index (χ0v) is 11.5. The third-order valence-electron chi connectivity index (χ3n) is 2.76. The first-order valence-electron chi connectivity index (χ1n) is 6.41. The number of carbonyl (C=O) groups excluding carboxylic acids is 2. The summed E-state index contributed by atoms with van der Waals surface area (Å²) in [5.74, 6) is -0.0654. The number of fused-ring (bicyclic) bond motifs is 1. The van der Waals surface area contributed by atoms with Crippen LogP contribution in [0.4, 0.5) is 0 Å². The van der Waals surface area contributed by atoms with Crippen molar-refractivity contribution in [3.63, 3.8) is 0 Å². The molecular weight excluding hydrogens is 256 g/mol. The van der Waals surface area contributed by atoms with Crippen LogP contribution in [-0.2, 0) is 9.53 Å². The normalized spacial score (nSPS) is 10.6. The van der Waals surface area contributed by atoms with Crippen molar-refractivity contribution in [2.24, 2.45) is 0 Å². The molecule has 0 aliphatic rings. The van der Waals surface area contributed by atoms with E-state index in [-0.39, 0.29) is 12.7 Å². The molecule has 0 N–H and O–H groups in total. The minimum absolute atomic E-state index is 0.187. The highest BCUT2D eigenvalue weighted by atomic mass is 16.6. The SMILES string of the molecule is CC(C)OC(=O)COc1ccc2ccccc2c1C=O. The standard InChI is InChI=1S/C16H16O4/c1-11(2)20-16(18)10-19-15-8-7-12-5-3-4-6-13(12)14(15)9-17/h3-9,11H,10H2,1-2H3. The van der Waals surface area contributed by atoms with Crippen LogP contribution in [0.5, 0.6) is 5.75 Å². The molecule has 2 aromatic rings. The Kier molecular flexibility index (Phi) is 4.35. The average Bonchev–Trinajstić information content (AvgIpc) is 2.43. The minimum Gasteiger partial charge on any atom is -0.481 e. The van der Waals surface area contributed by atoms with E-state index >= 15 is 0 Å². The van der Waals surface area contributed by atoms with Gasteiger partial charge in [-0.15, -0.1) is 0 Å². The first kappa shape index (κ1) is 14.1. The van der Waals surface area contributed by atoms with Crippen molar-refractivity contribution in [2.45, 2.75) is 20.0 Å². The molecule has 2 rings (SSSR count). The lowest BCUT2D eigenvalue weighted by molar-refractivity contribution is -0.149. The summed E-state index contributed by atoms with van der Waals surface area (Å²) in [6.45, 7) is 3.33. The van der Waals surface area contributed by atoms with Gasteiger partial charge in [0.1, 0.15) is 5.75 Å². The zero-order valence-electron chi connectivity index (χ0n) is 11.5. The second-order valence-corrected chi connectivity index (χ2v) is 4.64. The van der Waals surface area contributed by atoms with Crippen molar-refractivity contribution < 1.29 is 19.1 Å². The van der Waals surface area contributed by atoms with E-state index in [9.17, 15) is 9.59 Å². The van der Waals surface area contributed by atoms with Crippen LogP contribution >= 0.6 is 0 Å². The monoisotopic (exact) mass is 272 g/mol. The Bertz CT molecular complexity index is 631. The van der Waals surface area contributed by atoms with Crippen molar-refractivity contribution in [1.82, 2.24) is 0 Å². The molecular formula is C16H16O4. The number of hydrogen-bond acceptors (Lipinski definition) is 4. The van der Waals surface area contributed by atoms with E-state index in [1.165, 1.54) is 0 Å². The van der Waals surface area contributed by atoms with Gasteiger partial charge >= 0.3 is 5.97 Å². The number of hydrogen-bond donors (Lipinski definition) is 0. The highest BCUT2D eigenvalue weighted by molar-refractivity contribution is 6.00. The summed E-state index contributed by atoms with van der Waals surface area (Å²) in [7, 11) is 0. The van der Waals surface area contributed by atoms with Crippen LogP contribution in [0.15, 0.2) is 36.4 Å². The number of rotatable bonds is 5. The molecule has 0 saturated heterocycles. The molecule has 0 heterocycles. The maximum absolute atomic E-state index is 11.5. The Morgan fingerprint density at radius 1 is 1.20 bits per heavy atom. The average molecular weight is 272 g/mol. The van der Waals surface area contributed by atoms with E-state index in [1.54, 1.807) is 19.9 Å². The largest absolute Gasteiger partial charge is 0.481 e. The van der Waals surface area contributed by atoms with Crippen LogP contribution in [0.3, 0.4) is 0 Å². The summed E-state index contributed by atoms with van der Waals surface area (Å²) in [4.78, 5) is 22.7. The summed E-state index contributed by atoms with van der Waals surface area (Å²) < 4.78 is 10.4. The fraction of sp³-hybridized carbons (Fsp3) is 0.250. The molecule has 0 amide bonds. The van der Waals surface area contributed by atoms with Gasteiger partial charge < -0.3 is 9.47 Å². The van der Waals surface area contributed by atoms with E-state index in [0.29, 0.717) is 11.3 Å². The van der Waals surface area contributed by atoms with E-state index in [2.05, 4.69) is 0 Å². The van der Waals surface area contributed by atoms with E-state index in [4.69, 9.17) is 9.47 Å². The fourth-order valence-corrected chi connectivity index (χ4v) is 1.96. The van der Waals surface area contributed by atoms with Gasteiger partial charge in [0.05, 0.1) is 11.7 Å². The van der Waals surface area contributed by atoms with Gasteiger partial charge in [-0.25, -0.2) is 4.79 Å². The van der Waals surface area contributed by atoms with Gasteiger partial charge in [0.15, 0.2) is 12.9 Å². The summed E-state index contributed by atoms with van der Waals surface area (Å²) in [5.41, 5.74) is 0.445. The third-order valence-corrected chi connectivity index (χ3v) is 2.76. The lowest BCUT2D eigenvalue weighted by atomic mass is 10.0. The van der Waals surface area contributed by atoms with Gasteiger partial charge in [0, 0.05) is 0 Å². The molecule has 0 radical (unpaired) electrons. The maximum Gasteiger partial charge on any atom is 0.344 e. The molecule has 104 valence electrons. The lowest BCUT2D eigenvalue weighted by Crippen LogP contribution is -2.19. The van der Waals surface area contributed by atoms with E-state index < -0.39 is 5.97 Å². The van der Waals surface area contributed by atoms with Crippen molar-refractivity contribution in [3.05, 3.63) is 42.0 Å². The van der Waals surface area contributed by atoms with Gasteiger partial charge in [-0.3, -0.25) is 4.79 Å². The first-order chi connectivity index (χ1) is 9.61. The number of carbonyl (C=O) groups is 2. The Morgan fingerprint density at radius 2 is 1.95 bits per heavy atom. The van der Waals surface area contributed by atoms with Crippen molar-refractivity contribution in [3.8, 4) is 5.75 Å². The Balaban J connectivity index is 2.22. The lowest BCUT2D eigenvalue weighted by Gasteiger charge is -2.11. The second-order valence-electron chi connectivity index (χ2n) is 4.64. The van der Waals surface area contributed by atoms with Crippen LogP contribution < -0.4 is 4.74 Å². The molecule has 0 fully saturated rings. The number of esters is 1. The molecule has 4 nitrogen and oxygen atoms in total. The summed E-state index contributed by atoms with van der Waals surface area (Å²) in [6.07, 6.45) is 0.555. The quantitative estimate of drug-likeness (QED) is 0.620. The van der Waals surface area contributed by atoms with Gasteiger partial charge in [0.25, 0.3) is 0 Å². The Morgan fingerprint density at radius 3 is 2.65 bits per heavy atom. The van der Waals surface area contributed by atoms with Gasteiger partial charge in [-0.1, -0.05) is 30.3 Å². The molecule has 0 aromatic heterocycles. The molecule has 0 atom stereocenters. The predicted octanol–water partition coefficient (Wildman–Crippen LogP) is 2.98. The Hall–Kier alpha value is -2.36. The van der Waals surface area contributed by atoms with Crippen LogP contribution in [0.2, 0.25) is 0 Å². The van der Waals surface area contributed by atoms with Crippen LogP contribution in [0.25, 0.3) is 10.8 Å². The van der Waals surface area contributed by atoms with Gasteiger partial charge in [-0.05, 0) is 30.7 Å². The molecule has 20 heavy (non-hydrogen) atoms. The highest BCUT2D eigenvalue weighted by Crippen LogP contribution is 2.26. The Labute approximate surface area is 117 Å². The number of ether oxygens (including phenoxy) is 2. The third kappa shape index (κ3) is 3.15. The molecule has 4 heteroatoms. The molecule has 2 aromatic carbocycles. The minimum atomic E-state index is -0.454. The summed E-state index contributed by atoms with van der Waals surface area (Å²) in [5, 5.41) is 1.75. The fourth-order valence-electron chi connectivity index (χ4n) is 1.96. The van der Waals surface area contributed by atoms with Crippen LogP contribution in [0, 0.1) is 0 Å². The van der Waals surface area contributed by atoms with E-state index in [1.807, 2.05) is 30.3 Å². The van der Waals surface area contributed by atoms with Gasteiger partial charge in [0.2, 0.25) is 0 Å². The van der Waals surface area contributed by atoms with Crippen molar-refractivity contribution in [1.29, 1.82) is 0 Å². The van der Waals surface area contributed by atoms with Crippen LogP contribution in [-0.4, -0.2) is 25.0 Å². The van der Waals surface area contributed by atoms with Crippen molar-refractivity contribution >= 4 is 23.0 Å². The molecule has 0 unspecified atom stereocenters. The van der Waals surface area contributed by atoms with Crippen LogP contribution in [0.1, 0.15) is 24.2 Å². The number of benzene rings is 2. The molecule has 0 saturated carbocycles. The molecule has 0 bridgehead atoms. The molecule has 0 aliphatic carbocycles. The highest BCUT2D eigenvalue weighted by Gasteiger charge is 2.11. The molecule has 0 spiro atoms.